The standard InChI is InChI=1S/C20H20N6O2S/c21-6-5-14-2-4-17(23-13-14)16-3-1-15(12-22)11-18(16)28-20-25-24-19(29-20)26-7-9-27-10-8-26/h1-4,11,13H,5-10,21H2. The third-order valence-electron chi connectivity index (χ3n) is 4.52. The van der Waals surface area contributed by atoms with E-state index in [0.717, 1.165) is 41.5 Å². The molecule has 8 nitrogen and oxygen atoms in total. The van der Waals surface area contributed by atoms with Gasteiger partial charge in [-0.25, -0.2) is 0 Å². The fourth-order valence-electron chi connectivity index (χ4n) is 3.01. The lowest BCUT2D eigenvalue weighted by Crippen LogP contribution is -2.36. The van der Waals surface area contributed by atoms with E-state index in [4.69, 9.17) is 15.2 Å². The first-order valence-electron chi connectivity index (χ1n) is 9.30. The minimum atomic E-state index is 0.419. The van der Waals surface area contributed by atoms with Gasteiger partial charge in [-0.1, -0.05) is 11.2 Å². The van der Waals surface area contributed by atoms with Gasteiger partial charge >= 0.3 is 5.19 Å². The van der Waals surface area contributed by atoms with Crippen LogP contribution in [0.4, 0.5) is 5.13 Å². The Labute approximate surface area is 172 Å². The minimum Gasteiger partial charge on any atom is -0.429 e. The Balaban J connectivity index is 1.61. The summed E-state index contributed by atoms with van der Waals surface area (Å²) in [7, 11) is 0. The number of nitriles is 1. The van der Waals surface area contributed by atoms with E-state index in [1.165, 1.54) is 11.3 Å². The molecule has 9 heteroatoms. The highest BCUT2D eigenvalue weighted by Crippen LogP contribution is 2.36. The largest absolute Gasteiger partial charge is 0.429 e. The summed E-state index contributed by atoms with van der Waals surface area (Å²) in [6, 6.07) is 11.4. The van der Waals surface area contributed by atoms with Crippen LogP contribution >= 0.6 is 11.3 Å². The zero-order chi connectivity index (χ0) is 20.1. The number of hydrogen-bond acceptors (Lipinski definition) is 9. The van der Waals surface area contributed by atoms with Gasteiger partial charge < -0.3 is 20.1 Å². The first-order valence-corrected chi connectivity index (χ1v) is 10.1. The van der Waals surface area contributed by atoms with Crippen LogP contribution in [0.1, 0.15) is 11.1 Å². The highest BCUT2D eigenvalue weighted by molar-refractivity contribution is 7.17. The third-order valence-corrected chi connectivity index (χ3v) is 5.38. The van der Waals surface area contributed by atoms with Gasteiger partial charge in [-0.2, -0.15) is 5.26 Å². The lowest BCUT2D eigenvalue weighted by Gasteiger charge is -2.25. The maximum atomic E-state index is 9.28. The zero-order valence-electron chi connectivity index (χ0n) is 15.7. The number of ether oxygens (including phenoxy) is 2. The maximum Gasteiger partial charge on any atom is 0.301 e. The van der Waals surface area contributed by atoms with Crippen molar-refractivity contribution in [2.75, 3.05) is 37.7 Å². The molecule has 148 valence electrons. The summed E-state index contributed by atoms with van der Waals surface area (Å²) >= 11 is 1.37. The smallest absolute Gasteiger partial charge is 0.301 e. The van der Waals surface area contributed by atoms with E-state index >= 15 is 0 Å². The van der Waals surface area contributed by atoms with E-state index in [1.54, 1.807) is 12.1 Å². The number of morpholine rings is 1. The van der Waals surface area contributed by atoms with E-state index in [-0.39, 0.29) is 0 Å². The zero-order valence-corrected chi connectivity index (χ0v) is 16.6. The lowest BCUT2D eigenvalue weighted by molar-refractivity contribution is 0.122. The van der Waals surface area contributed by atoms with Crippen molar-refractivity contribution in [3.05, 3.63) is 47.7 Å². The summed E-state index contributed by atoms with van der Waals surface area (Å²) in [5, 5.41) is 18.9. The second kappa shape index (κ2) is 8.96. The van der Waals surface area contributed by atoms with Gasteiger partial charge in [0.25, 0.3) is 0 Å². The Morgan fingerprint density at radius 1 is 1.21 bits per heavy atom. The number of aromatic nitrogens is 3. The molecule has 0 amide bonds. The number of anilines is 1. The fraction of sp³-hybridized carbons (Fsp3) is 0.300. The summed E-state index contributed by atoms with van der Waals surface area (Å²) in [6.45, 7) is 3.49. The van der Waals surface area contributed by atoms with E-state index in [2.05, 4.69) is 26.2 Å². The number of rotatable bonds is 6. The van der Waals surface area contributed by atoms with Crippen molar-refractivity contribution < 1.29 is 9.47 Å². The van der Waals surface area contributed by atoms with Crippen LogP contribution in [-0.4, -0.2) is 48.0 Å². The molecule has 0 radical (unpaired) electrons. The highest BCUT2D eigenvalue weighted by Gasteiger charge is 2.18. The molecule has 4 rings (SSSR count). The number of pyridine rings is 1. The van der Waals surface area contributed by atoms with Crippen LogP contribution in [0, 0.1) is 11.3 Å². The SMILES string of the molecule is N#Cc1ccc(-c2ccc(CCN)cn2)c(Oc2nnc(N3CCOCC3)s2)c1. The molecule has 1 fully saturated rings. The minimum absolute atomic E-state index is 0.419. The topological polar surface area (TPSA) is 110 Å². The molecule has 0 spiro atoms. The van der Waals surface area contributed by atoms with E-state index in [0.29, 0.717) is 36.3 Å². The van der Waals surface area contributed by atoms with Crippen LogP contribution in [0.15, 0.2) is 36.5 Å². The van der Waals surface area contributed by atoms with Crippen LogP contribution < -0.4 is 15.4 Å². The molecule has 2 aromatic heterocycles. The molecule has 1 saturated heterocycles. The van der Waals surface area contributed by atoms with Gasteiger partial charge in [-0.15, -0.1) is 5.10 Å². The van der Waals surface area contributed by atoms with Crippen molar-refractivity contribution in [3.8, 4) is 28.3 Å². The second-order valence-corrected chi connectivity index (χ2v) is 7.38. The molecule has 1 aliphatic rings. The van der Waals surface area contributed by atoms with Crippen molar-refractivity contribution in [1.82, 2.24) is 15.2 Å². The molecule has 0 bridgehead atoms. The molecule has 29 heavy (non-hydrogen) atoms. The number of benzene rings is 1. The summed E-state index contributed by atoms with van der Waals surface area (Å²) in [5.74, 6) is 0.521. The summed E-state index contributed by atoms with van der Waals surface area (Å²) in [4.78, 5) is 6.65. The van der Waals surface area contributed by atoms with Gasteiger partial charge in [-0.05, 0) is 54.1 Å². The quantitative estimate of drug-likeness (QED) is 0.663. The fourth-order valence-corrected chi connectivity index (χ4v) is 3.77. The Bertz CT molecular complexity index is 1010. The summed E-state index contributed by atoms with van der Waals surface area (Å²) in [6.07, 6.45) is 2.59. The molecule has 3 aromatic rings. The molecule has 1 aromatic carbocycles. The highest BCUT2D eigenvalue weighted by atomic mass is 32.1. The van der Waals surface area contributed by atoms with E-state index in [1.807, 2.05) is 24.4 Å². The van der Waals surface area contributed by atoms with Gasteiger partial charge in [-0.3, -0.25) is 4.98 Å². The summed E-state index contributed by atoms with van der Waals surface area (Å²) in [5.41, 5.74) is 8.72. The lowest BCUT2D eigenvalue weighted by atomic mass is 10.1. The number of nitrogens with two attached hydrogens (primary N) is 1. The second-order valence-electron chi connectivity index (χ2n) is 6.47. The molecule has 3 heterocycles. The predicted molar refractivity (Wildman–Crippen MR) is 110 cm³/mol. The molecule has 1 aliphatic heterocycles. The van der Waals surface area contributed by atoms with E-state index in [9.17, 15) is 5.26 Å². The first kappa shape index (κ1) is 19.3. The van der Waals surface area contributed by atoms with Gasteiger partial charge in [0.2, 0.25) is 5.13 Å². The third kappa shape index (κ3) is 4.51. The Morgan fingerprint density at radius 2 is 2.07 bits per heavy atom. The Hall–Kier alpha value is -3.06. The average Bonchev–Trinajstić information content (AvgIpc) is 3.24. The van der Waals surface area contributed by atoms with E-state index < -0.39 is 0 Å². The maximum absolute atomic E-state index is 9.28. The number of nitrogens with zero attached hydrogens (tertiary/aromatic N) is 5. The molecule has 0 atom stereocenters. The molecule has 2 N–H and O–H groups in total. The van der Waals surface area contributed by atoms with Gasteiger partial charge in [0, 0.05) is 24.8 Å². The molecule has 0 unspecified atom stereocenters. The van der Waals surface area contributed by atoms with Crippen molar-refractivity contribution in [2.24, 2.45) is 5.73 Å². The van der Waals surface area contributed by atoms with Crippen LogP contribution in [0.25, 0.3) is 11.3 Å². The normalized spacial score (nSPS) is 13.9. The van der Waals surface area contributed by atoms with Crippen LogP contribution in [0.2, 0.25) is 0 Å². The van der Waals surface area contributed by atoms with Gasteiger partial charge in [0.1, 0.15) is 5.75 Å². The Kier molecular flexibility index (Phi) is 5.95. The molecular formula is C20H20N6O2S. The van der Waals surface area contributed by atoms with Crippen LogP contribution in [0.5, 0.6) is 10.9 Å². The van der Waals surface area contributed by atoms with Gasteiger partial charge in [0.15, 0.2) is 0 Å². The monoisotopic (exact) mass is 408 g/mol. The van der Waals surface area contributed by atoms with Crippen LogP contribution in [0.3, 0.4) is 0 Å². The van der Waals surface area contributed by atoms with Gasteiger partial charge in [0.05, 0.1) is 30.5 Å². The number of hydrogen-bond donors (Lipinski definition) is 1. The van der Waals surface area contributed by atoms with Crippen molar-refractivity contribution in [3.63, 3.8) is 0 Å². The molecule has 0 aliphatic carbocycles. The van der Waals surface area contributed by atoms with Crippen molar-refractivity contribution in [2.45, 2.75) is 6.42 Å². The average molecular weight is 408 g/mol. The van der Waals surface area contributed by atoms with Crippen molar-refractivity contribution in [1.29, 1.82) is 5.26 Å². The Morgan fingerprint density at radius 3 is 2.79 bits per heavy atom. The van der Waals surface area contributed by atoms with Crippen LogP contribution in [-0.2, 0) is 11.2 Å². The summed E-state index contributed by atoms with van der Waals surface area (Å²) < 4.78 is 11.4. The first-order chi connectivity index (χ1) is 14.3. The molecular weight excluding hydrogens is 388 g/mol. The molecule has 0 saturated carbocycles. The predicted octanol–water partition coefficient (Wildman–Crippen LogP) is 2.60. The van der Waals surface area contributed by atoms with Crippen molar-refractivity contribution >= 4 is 16.5 Å².